The molecule has 0 aromatic carbocycles. The van der Waals surface area contributed by atoms with E-state index in [0.717, 1.165) is 25.7 Å². The van der Waals surface area contributed by atoms with Gasteiger partial charge in [0.2, 0.25) is 0 Å². The van der Waals surface area contributed by atoms with Crippen molar-refractivity contribution in [2.45, 2.75) is 51.6 Å². The SMILES string of the molecule is CCCC1CC(C)CC2C1N([O-])ON2[O-]. The molecule has 0 aromatic rings. The number of hydrogen-bond acceptors (Lipinski definition) is 5. The molecule has 0 spiro atoms. The van der Waals surface area contributed by atoms with Gasteiger partial charge in [0.15, 0.2) is 0 Å². The van der Waals surface area contributed by atoms with Crippen molar-refractivity contribution in [3.05, 3.63) is 10.4 Å². The Hall–Kier alpha value is -0.200. The summed E-state index contributed by atoms with van der Waals surface area (Å²) in [7, 11) is 0. The van der Waals surface area contributed by atoms with Crippen molar-refractivity contribution in [2.75, 3.05) is 0 Å². The molecule has 1 aliphatic heterocycles. The molecule has 0 bridgehead atoms. The Morgan fingerprint density at radius 2 is 2.00 bits per heavy atom. The van der Waals surface area contributed by atoms with Crippen molar-refractivity contribution < 1.29 is 4.94 Å². The minimum atomic E-state index is -0.261. The lowest BCUT2D eigenvalue weighted by atomic mass is 9.74. The molecule has 4 unspecified atom stereocenters. The minimum absolute atomic E-state index is 0.251. The lowest BCUT2D eigenvalue weighted by Gasteiger charge is -2.42. The third-order valence-electron chi connectivity index (χ3n) is 3.56. The van der Waals surface area contributed by atoms with Crippen molar-refractivity contribution in [3.8, 4) is 0 Å². The highest BCUT2D eigenvalue weighted by Crippen LogP contribution is 2.40. The Bertz CT molecular complexity index is 227. The Kier molecular flexibility index (Phi) is 3.27. The zero-order chi connectivity index (χ0) is 11.0. The quantitative estimate of drug-likeness (QED) is 0.703. The van der Waals surface area contributed by atoms with Crippen LogP contribution in [0.25, 0.3) is 0 Å². The van der Waals surface area contributed by atoms with Gasteiger partial charge in [-0.3, -0.25) is 0 Å². The van der Waals surface area contributed by atoms with Gasteiger partial charge in [-0.05, 0) is 31.1 Å². The Morgan fingerprint density at radius 1 is 1.27 bits per heavy atom. The fourth-order valence-electron chi connectivity index (χ4n) is 3.00. The van der Waals surface area contributed by atoms with Crippen LogP contribution < -0.4 is 0 Å². The van der Waals surface area contributed by atoms with Crippen molar-refractivity contribution in [3.63, 3.8) is 0 Å². The standard InChI is InChI=1S/C10H18N2O3/c1-3-4-8-5-7(2)6-9-10(8)12(14)15-11(9)13/h7-10H,3-6H2,1-2H3/q-2. The Balaban J connectivity index is 2.11. The first-order valence-electron chi connectivity index (χ1n) is 5.74. The average molecular weight is 214 g/mol. The maximum absolute atomic E-state index is 11.5. The van der Waals surface area contributed by atoms with E-state index in [1.165, 1.54) is 0 Å². The molecular weight excluding hydrogens is 196 g/mol. The summed E-state index contributed by atoms with van der Waals surface area (Å²) in [6, 6.07) is -0.513. The van der Waals surface area contributed by atoms with E-state index in [1.807, 2.05) is 0 Å². The highest BCUT2D eigenvalue weighted by Gasteiger charge is 2.42. The lowest BCUT2D eigenvalue weighted by molar-refractivity contribution is -0.236. The molecule has 5 heteroatoms. The van der Waals surface area contributed by atoms with Gasteiger partial charge in [-0.25, -0.2) is 15.4 Å². The van der Waals surface area contributed by atoms with Crippen molar-refractivity contribution >= 4 is 0 Å². The molecule has 1 saturated heterocycles. The van der Waals surface area contributed by atoms with Crippen molar-refractivity contribution in [1.82, 2.24) is 10.5 Å². The Morgan fingerprint density at radius 3 is 2.67 bits per heavy atom. The third-order valence-corrected chi connectivity index (χ3v) is 3.56. The molecule has 0 amide bonds. The molecular formula is C10H18N2O3-2. The van der Waals surface area contributed by atoms with Gasteiger partial charge in [-0.2, -0.15) is 0 Å². The van der Waals surface area contributed by atoms with Crippen LogP contribution in [-0.4, -0.2) is 22.5 Å². The van der Waals surface area contributed by atoms with Gasteiger partial charge in [-0.1, -0.05) is 20.3 Å². The van der Waals surface area contributed by atoms with Crippen LogP contribution in [0.3, 0.4) is 0 Å². The molecule has 0 N–H and O–H groups in total. The van der Waals surface area contributed by atoms with Crippen LogP contribution in [-0.2, 0) is 4.94 Å². The largest absolute Gasteiger partial charge is 0.760 e. The van der Waals surface area contributed by atoms with Crippen LogP contribution in [0.5, 0.6) is 0 Å². The smallest absolute Gasteiger partial charge is 0.0435 e. The monoisotopic (exact) mass is 214 g/mol. The summed E-state index contributed by atoms with van der Waals surface area (Å²) in [4.78, 5) is 4.59. The topological polar surface area (TPSA) is 61.8 Å². The van der Waals surface area contributed by atoms with Crippen molar-refractivity contribution in [1.29, 1.82) is 0 Å². The highest BCUT2D eigenvalue weighted by molar-refractivity contribution is 4.96. The first-order valence-corrected chi connectivity index (χ1v) is 5.74. The maximum atomic E-state index is 11.5. The predicted molar refractivity (Wildman–Crippen MR) is 55.9 cm³/mol. The van der Waals surface area contributed by atoms with Gasteiger partial charge >= 0.3 is 0 Å². The first kappa shape index (κ1) is 11.3. The normalized spacial score (nSPS) is 43.2. The molecule has 15 heavy (non-hydrogen) atoms. The van der Waals surface area contributed by atoms with Crippen LogP contribution in [0.2, 0.25) is 0 Å². The van der Waals surface area contributed by atoms with E-state index < -0.39 is 0 Å². The summed E-state index contributed by atoms with van der Waals surface area (Å²) in [5.74, 6) is 0.814. The zero-order valence-corrected chi connectivity index (χ0v) is 9.26. The minimum Gasteiger partial charge on any atom is -0.760 e. The van der Waals surface area contributed by atoms with E-state index in [0.29, 0.717) is 22.3 Å². The molecule has 0 radical (unpaired) electrons. The van der Waals surface area contributed by atoms with Gasteiger partial charge in [0.25, 0.3) is 0 Å². The van der Waals surface area contributed by atoms with E-state index in [9.17, 15) is 10.4 Å². The zero-order valence-electron chi connectivity index (χ0n) is 9.26. The Labute approximate surface area is 90.0 Å². The second-order valence-corrected chi connectivity index (χ2v) is 4.84. The number of hydroxylamine groups is 4. The van der Waals surface area contributed by atoms with E-state index >= 15 is 0 Å². The average Bonchev–Trinajstić information content (AvgIpc) is 2.42. The number of nitrogens with zero attached hydrogens (tertiary/aromatic N) is 2. The molecule has 5 nitrogen and oxygen atoms in total. The summed E-state index contributed by atoms with van der Waals surface area (Å²) in [6.45, 7) is 4.24. The summed E-state index contributed by atoms with van der Waals surface area (Å²) < 4.78 is 0. The lowest BCUT2D eigenvalue weighted by Crippen LogP contribution is -2.45. The fourth-order valence-corrected chi connectivity index (χ4v) is 3.00. The second kappa shape index (κ2) is 4.35. The molecule has 88 valence electrons. The van der Waals surface area contributed by atoms with Gasteiger partial charge in [0.1, 0.15) is 0 Å². The van der Waals surface area contributed by atoms with Gasteiger partial charge in [0.05, 0.1) is 0 Å². The number of rotatable bonds is 2. The summed E-state index contributed by atoms with van der Waals surface area (Å²) in [6.07, 6.45) is 3.85. The van der Waals surface area contributed by atoms with Gasteiger partial charge in [-0.15, -0.1) is 0 Å². The van der Waals surface area contributed by atoms with Crippen LogP contribution in [0.15, 0.2) is 0 Å². The molecule has 1 saturated carbocycles. The molecule has 2 rings (SSSR count). The molecule has 0 aromatic heterocycles. The summed E-state index contributed by atoms with van der Waals surface area (Å²) in [5, 5.41) is 23.8. The molecule has 2 aliphatic rings. The van der Waals surface area contributed by atoms with E-state index in [-0.39, 0.29) is 12.1 Å². The molecule has 2 fully saturated rings. The predicted octanol–water partition coefficient (Wildman–Crippen LogP) is 2.03. The van der Waals surface area contributed by atoms with Crippen LogP contribution in [0.4, 0.5) is 0 Å². The molecule has 1 heterocycles. The summed E-state index contributed by atoms with van der Waals surface area (Å²) >= 11 is 0. The first-order chi connectivity index (χ1) is 7.13. The van der Waals surface area contributed by atoms with E-state index in [2.05, 4.69) is 18.8 Å². The van der Waals surface area contributed by atoms with Crippen LogP contribution >= 0.6 is 0 Å². The molecule has 1 aliphatic carbocycles. The molecule has 4 atom stereocenters. The second-order valence-electron chi connectivity index (χ2n) is 4.84. The van der Waals surface area contributed by atoms with Gasteiger partial charge in [0, 0.05) is 12.1 Å². The van der Waals surface area contributed by atoms with E-state index in [1.54, 1.807) is 0 Å². The fraction of sp³-hybridized carbons (Fsp3) is 1.00. The highest BCUT2D eigenvalue weighted by atomic mass is 17.1. The third kappa shape index (κ3) is 2.03. The van der Waals surface area contributed by atoms with Gasteiger partial charge < -0.3 is 10.4 Å². The van der Waals surface area contributed by atoms with Crippen molar-refractivity contribution in [2.24, 2.45) is 11.8 Å². The number of fused-ring (bicyclic) bond motifs is 1. The van der Waals surface area contributed by atoms with Crippen LogP contribution in [0, 0.1) is 22.3 Å². The maximum Gasteiger partial charge on any atom is 0.0435 e. The van der Waals surface area contributed by atoms with E-state index in [4.69, 9.17) is 0 Å². The number of hydrogen-bond donors (Lipinski definition) is 0. The summed E-state index contributed by atoms with van der Waals surface area (Å²) in [5.41, 5.74) is 0. The van der Waals surface area contributed by atoms with Crippen LogP contribution in [0.1, 0.15) is 39.5 Å².